The number of amides is 3. The maximum Gasteiger partial charge on any atom is 0.337 e. The average Bonchev–Trinajstić information content (AvgIpc) is 2.55. The third-order valence-electron chi connectivity index (χ3n) is 2.67. The first-order chi connectivity index (χ1) is 11.0. The second-order valence-corrected chi connectivity index (χ2v) is 5.09. The molecule has 0 radical (unpaired) electrons. The summed E-state index contributed by atoms with van der Waals surface area (Å²) in [6.07, 6.45) is 1.41. The van der Waals surface area contributed by atoms with Gasteiger partial charge in [0.2, 0.25) is 5.88 Å². The molecule has 1 aromatic heterocycles. The molecule has 23 heavy (non-hydrogen) atoms. The zero-order valence-corrected chi connectivity index (χ0v) is 13.4. The van der Waals surface area contributed by atoms with Crippen LogP contribution in [0.1, 0.15) is 10.4 Å². The highest BCUT2D eigenvalue weighted by atomic mass is 35.5. The number of nitrogens with zero attached hydrogens (tertiary/aromatic N) is 1. The molecule has 0 unspecified atom stereocenters. The minimum Gasteiger partial charge on any atom is -0.481 e. The van der Waals surface area contributed by atoms with Crippen LogP contribution < -0.4 is 20.9 Å². The van der Waals surface area contributed by atoms with Crippen molar-refractivity contribution in [2.75, 3.05) is 12.4 Å². The van der Waals surface area contributed by atoms with Crippen molar-refractivity contribution in [3.05, 3.63) is 52.1 Å². The van der Waals surface area contributed by atoms with Gasteiger partial charge in [-0.2, -0.15) is 0 Å². The number of pyridine rings is 1. The number of carbonyl (C=O) groups excluding carboxylic acids is 2. The van der Waals surface area contributed by atoms with Crippen molar-refractivity contribution in [3.63, 3.8) is 0 Å². The predicted octanol–water partition coefficient (Wildman–Crippen LogP) is 2.86. The first-order valence-electron chi connectivity index (χ1n) is 6.32. The van der Waals surface area contributed by atoms with Crippen molar-refractivity contribution in [3.8, 4) is 5.88 Å². The van der Waals surface area contributed by atoms with Crippen LogP contribution in [-0.4, -0.2) is 24.0 Å². The van der Waals surface area contributed by atoms with Gasteiger partial charge in [0.05, 0.1) is 29.6 Å². The molecule has 0 aliphatic carbocycles. The van der Waals surface area contributed by atoms with E-state index in [9.17, 15) is 9.59 Å². The van der Waals surface area contributed by atoms with Gasteiger partial charge in [-0.25, -0.2) is 15.2 Å². The Labute approximate surface area is 141 Å². The van der Waals surface area contributed by atoms with E-state index in [0.29, 0.717) is 16.6 Å². The van der Waals surface area contributed by atoms with Gasteiger partial charge in [-0.05, 0) is 24.3 Å². The smallest absolute Gasteiger partial charge is 0.337 e. The predicted molar refractivity (Wildman–Crippen MR) is 86.9 cm³/mol. The maximum absolute atomic E-state index is 11.9. The molecule has 1 aromatic carbocycles. The van der Waals surface area contributed by atoms with E-state index in [-0.39, 0.29) is 10.6 Å². The third kappa shape index (κ3) is 4.73. The second-order valence-electron chi connectivity index (χ2n) is 4.25. The Hall–Kier alpha value is -2.51. The lowest BCUT2D eigenvalue weighted by atomic mass is 10.2. The van der Waals surface area contributed by atoms with E-state index < -0.39 is 11.9 Å². The Morgan fingerprint density at radius 2 is 1.91 bits per heavy atom. The van der Waals surface area contributed by atoms with Crippen LogP contribution >= 0.6 is 23.2 Å². The summed E-state index contributed by atoms with van der Waals surface area (Å²) in [5.41, 5.74) is 4.99. The zero-order valence-electron chi connectivity index (χ0n) is 11.9. The molecule has 3 amide bonds. The molecule has 3 N–H and O–H groups in total. The summed E-state index contributed by atoms with van der Waals surface area (Å²) in [6, 6.07) is 6.97. The fraction of sp³-hybridized carbons (Fsp3) is 0.0714. The number of nitrogens with one attached hydrogen (secondary N) is 3. The number of rotatable bonds is 3. The van der Waals surface area contributed by atoms with Gasteiger partial charge in [0, 0.05) is 11.1 Å². The van der Waals surface area contributed by atoms with Crippen molar-refractivity contribution in [1.82, 2.24) is 15.8 Å². The molecule has 0 saturated carbocycles. The average molecular weight is 355 g/mol. The molecular weight excluding hydrogens is 343 g/mol. The molecule has 0 fully saturated rings. The fourth-order valence-electron chi connectivity index (χ4n) is 1.59. The Balaban J connectivity index is 1.90. The minimum absolute atomic E-state index is 0.144. The normalized spacial score (nSPS) is 9.87. The highest BCUT2D eigenvalue weighted by molar-refractivity contribution is 6.35. The van der Waals surface area contributed by atoms with Gasteiger partial charge < -0.3 is 10.1 Å². The van der Waals surface area contributed by atoms with Gasteiger partial charge in [-0.3, -0.25) is 10.2 Å². The third-order valence-corrected chi connectivity index (χ3v) is 3.23. The van der Waals surface area contributed by atoms with Crippen LogP contribution in [0.5, 0.6) is 5.88 Å². The van der Waals surface area contributed by atoms with Gasteiger partial charge in [0.25, 0.3) is 5.91 Å². The fourth-order valence-corrected chi connectivity index (χ4v) is 1.97. The summed E-state index contributed by atoms with van der Waals surface area (Å²) in [5, 5.41) is 3.06. The summed E-state index contributed by atoms with van der Waals surface area (Å²) >= 11 is 11.7. The first-order valence-corrected chi connectivity index (χ1v) is 7.07. The Morgan fingerprint density at radius 3 is 2.57 bits per heavy atom. The molecule has 0 saturated heterocycles. The summed E-state index contributed by atoms with van der Waals surface area (Å²) < 4.78 is 4.90. The van der Waals surface area contributed by atoms with Crippen LogP contribution in [0.25, 0.3) is 0 Å². The van der Waals surface area contributed by atoms with Crippen molar-refractivity contribution >= 4 is 40.8 Å². The van der Waals surface area contributed by atoms with Crippen molar-refractivity contribution in [2.24, 2.45) is 0 Å². The van der Waals surface area contributed by atoms with Crippen molar-refractivity contribution in [2.45, 2.75) is 0 Å². The van der Waals surface area contributed by atoms with Crippen LogP contribution in [0.3, 0.4) is 0 Å². The van der Waals surface area contributed by atoms with Crippen molar-refractivity contribution < 1.29 is 14.3 Å². The topological polar surface area (TPSA) is 92.4 Å². The van der Waals surface area contributed by atoms with E-state index in [1.807, 2.05) is 0 Å². The van der Waals surface area contributed by atoms with E-state index in [2.05, 4.69) is 21.2 Å². The van der Waals surface area contributed by atoms with Gasteiger partial charge in [0.1, 0.15) is 0 Å². The lowest BCUT2D eigenvalue weighted by Crippen LogP contribution is -2.44. The first kappa shape index (κ1) is 16.9. The molecule has 0 bridgehead atoms. The van der Waals surface area contributed by atoms with Crippen LogP contribution in [0.2, 0.25) is 10.0 Å². The molecule has 9 heteroatoms. The number of carbonyl (C=O) groups is 2. The number of benzene rings is 1. The molecular formula is C14H12Cl2N4O3. The van der Waals surface area contributed by atoms with Gasteiger partial charge in [-0.15, -0.1) is 0 Å². The lowest BCUT2D eigenvalue weighted by molar-refractivity contribution is 0.0938. The number of hydrogen-bond acceptors (Lipinski definition) is 4. The molecule has 0 atom stereocenters. The van der Waals surface area contributed by atoms with Gasteiger partial charge >= 0.3 is 6.03 Å². The van der Waals surface area contributed by atoms with Crippen LogP contribution in [0.4, 0.5) is 10.5 Å². The lowest BCUT2D eigenvalue weighted by Gasteiger charge is -2.10. The number of urea groups is 1. The molecule has 1 heterocycles. The number of halogens is 2. The Bertz CT molecular complexity index is 722. The van der Waals surface area contributed by atoms with Gasteiger partial charge in [0.15, 0.2) is 0 Å². The molecule has 0 spiro atoms. The maximum atomic E-state index is 11.9. The van der Waals surface area contributed by atoms with E-state index in [4.69, 9.17) is 27.9 Å². The van der Waals surface area contributed by atoms with Crippen LogP contribution in [0.15, 0.2) is 36.5 Å². The minimum atomic E-state index is -0.650. The van der Waals surface area contributed by atoms with Gasteiger partial charge in [-0.1, -0.05) is 23.2 Å². The molecule has 7 nitrogen and oxygen atoms in total. The van der Waals surface area contributed by atoms with Crippen LogP contribution in [-0.2, 0) is 0 Å². The summed E-state index contributed by atoms with van der Waals surface area (Å²) in [7, 11) is 1.48. The summed E-state index contributed by atoms with van der Waals surface area (Å²) in [6.45, 7) is 0. The molecule has 2 rings (SSSR count). The monoisotopic (exact) mass is 354 g/mol. The molecule has 120 valence electrons. The van der Waals surface area contributed by atoms with E-state index in [0.717, 1.165) is 0 Å². The SMILES string of the molecule is COc1ccc(NC(=O)NNC(=O)c2cc(Cl)ccc2Cl)cn1. The molecule has 2 aromatic rings. The highest BCUT2D eigenvalue weighted by Crippen LogP contribution is 2.20. The molecule has 0 aliphatic rings. The van der Waals surface area contributed by atoms with Crippen molar-refractivity contribution in [1.29, 1.82) is 0 Å². The summed E-state index contributed by atoms with van der Waals surface area (Å²) in [5.74, 6) is -0.180. The number of hydrogen-bond donors (Lipinski definition) is 3. The summed E-state index contributed by atoms with van der Waals surface area (Å²) in [4.78, 5) is 27.6. The highest BCUT2D eigenvalue weighted by Gasteiger charge is 2.12. The van der Waals surface area contributed by atoms with E-state index in [1.165, 1.54) is 25.4 Å². The zero-order chi connectivity index (χ0) is 16.8. The Kier molecular flexibility index (Phi) is 5.61. The number of methoxy groups -OCH3 is 1. The number of hydrazine groups is 1. The molecule has 0 aliphatic heterocycles. The number of ether oxygens (including phenoxy) is 1. The largest absolute Gasteiger partial charge is 0.481 e. The number of aromatic nitrogens is 1. The standard InChI is InChI=1S/C14H12Cl2N4O3/c1-23-12-5-3-9(7-17-12)18-14(22)20-19-13(21)10-6-8(15)2-4-11(10)16/h2-7H,1H3,(H,19,21)(H2,18,20,22). The number of anilines is 1. The van der Waals surface area contributed by atoms with E-state index >= 15 is 0 Å². The van der Waals surface area contributed by atoms with E-state index in [1.54, 1.807) is 18.2 Å². The Morgan fingerprint density at radius 1 is 1.13 bits per heavy atom. The quantitative estimate of drug-likeness (QED) is 0.739. The second kappa shape index (κ2) is 7.66. The van der Waals surface area contributed by atoms with Crippen LogP contribution in [0, 0.1) is 0 Å².